The molecule has 0 saturated carbocycles. The number of halogens is 1. The molecule has 0 saturated heterocycles. The van der Waals surface area contributed by atoms with Gasteiger partial charge in [-0.3, -0.25) is 14.0 Å². The summed E-state index contributed by atoms with van der Waals surface area (Å²) in [7, 11) is 0. The predicted octanol–water partition coefficient (Wildman–Crippen LogP) is 3.45. The molecule has 0 radical (unpaired) electrons. The predicted molar refractivity (Wildman–Crippen MR) is 124 cm³/mol. The number of nitrogens with zero attached hydrogens (tertiary/aromatic N) is 5. The molecule has 0 spiro atoms. The van der Waals surface area contributed by atoms with Crippen LogP contribution in [0.25, 0.3) is 16.7 Å². The Morgan fingerprint density at radius 2 is 1.76 bits per heavy atom. The quantitative estimate of drug-likeness (QED) is 0.395. The Kier molecular flexibility index (Phi) is 5.28. The zero-order valence-corrected chi connectivity index (χ0v) is 17.7. The molecule has 0 aliphatic heterocycles. The number of rotatable bonds is 3. The number of benzene rings is 2. The van der Waals surface area contributed by atoms with E-state index in [1.165, 1.54) is 34.7 Å². The van der Waals surface area contributed by atoms with Crippen molar-refractivity contribution in [2.75, 3.05) is 0 Å². The van der Waals surface area contributed by atoms with Crippen molar-refractivity contribution in [2.45, 2.75) is 6.54 Å². The molecule has 0 N–H and O–H groups in total. The van der Waals surface area contributed by atoms with E-state index in [2.05, 4.69) is 9.98 Å². The zero-order chi connectivity index (χ0) is 23.7. The number of nitriles is 1. The SMILES string of the molecule is N#Cc1cc2c(=O)n3ccccc3nc2n(Cc2ccccc2)c1=NC(=O)c1ccccc1F. The van der Waals surface area contributed by atoms with Gasteiger partial charge in [-0.15, -0.1) is 0 Å². The third-order valence-corrected chi connectivity index (χ3v) is 5.41. The second-order valence-corrected chi connectivity index (χ2v) is 7.55. The second kappa shape index (κ2) is 8.56. The van der Waals surface area contributed by atoms with Crippen LogP contribution in [0.3, 0.4) is 0 Å². The molecule has 5 rings (SSSR count). The first kappa shape index (κ1) is 21.0. The van der Waals surface area contributed by atoms with Gasteiger partial charge in [-0.2, -0.15) is 10.3 Å². The van der Waals surface area contributed by atoms with Crippen molar-refractivity contribution >= 4 is 22.6 Å². The summed E-state index contributed by atoms with van der Waals surface area (Å²) in [6, 6.07) is 23.4. The molecule has 0 bridgehead atoms. The van der Waals surface area contributed by atoms with Gasteiger partial charge in [0.25, 0.3) is 11.5 Å². The molecule has 0 unspecified atom stereocenters. The molecular formula is C26H16FN5O2. The fraction of sp³-hybridized carbons (Fsp3) is 0.0385. The van der Waals surface area contributed by atoms with Gasteiger partial charge in [-0.05, 0) is 35.9 Å². The number of hydrogen-bond acceptors (Lipinski definition) is 4. The average molecular weight is 449 g/mol. The number of amides is 1. The lowest BCUT2D eigenvalue weighted by Crippen LogP contribution is -2.30. The summed E-state index contributed by atoms with van der Waals surface area (Å²) in [5.41, 5.74) is 0.933. The highest BCUT2D eigenvalue weighted by Crippen LogP contribution is 2.13. The molecule has 2 aromatic carbocycles. The van der Waals surface area contributed by atoms with Crippen molar-refractivity contribution < 1.29 is 9.18 Å². The first-order valence-electron chi connectivity index (χ1n) is 10.4. The molecule has 164 valence electrons. The molecule has 3 heterocycles. The van der Waals surface area contributed by atoms with E-state index in [0.29, 0.717) is 5.65 Å². The van der Waals surface area contributed by atoms with Crippen LogP contribution >= 0.6 is 0 Å². The molecule has 5 aromatic rings. The van der Waals surface area contributed by atoms with Gasteiger partial charge < -0.3 is 4.57 Å². The smallest absolute Gasteiger partial charge is 0.281 e. The largest absolute Gasteiger partial charge is 0.305 e. The summed E-state index contributed by atoms with van der Waals surface area (Å²) in [5.74, 6) is -1.55. The topological polar surface area (TPSA) is 92.5 Å². The van der Waals surface area contributed by atoms with Crippen molar-refractivity contribution in [3.8, 4) is 6.07 Å². The van der Waals surface area contributed by atoms with E-state index in [-0.39, 0.29) is 39.8 Å². The van der Waals surface area contributed by atoms with Gasteiger partial charge in [0.2, 0.25) is 0 Å². The number of carbonyl (C=O) groups is 1. The molecule has 3 aromatic heterocycles. The third-order valence-electron chi connectivity index (χ3n) is 5.41. The Balaban J connectivity index is 1.88. The number of aromatic nitrogens is 3. The van der Waals surface area contributed by atoms with Crippen molar-refractivity contribution in [3.63, 3.8) is 0 Å². The Bertz CT molecular complexity index is 1750. The third kappa shape index (κ3) is 3.65. The normalized spacial score (nSPS) is 11.6. The molecule has 7 nitrogen and oxygen atoms in total. The van der Waals surface area contributed by atoms with E-state index in [1.54, 1.807) is 29.0 Å². The van der Waals surface area contributed by atoms with Gasteiger partial charge in [0.1, 0.15) is 23.2 Å². The minimum Gasteiger partial charge on any atom is -0.305 e. The minimum atomic E-state index is -0.840. The van der Waals surface area contributed by atoms with Crippen LogP contribution in [0.5, 0.6) is 0 Å². The summed E-state index contributed by atoms with van der Waals surface area (Å²) in [6.45, 7) is 0.186. The lowest BCUT2D eigenvalue weighted by molar-refractivity contribution is 0.0993. The molecule has 0 atom stereocenters. The highest BCUT2D eigenvalue weighted by atomic mass is 19.1. The van der Waals surface area contributed by atoms with E-state index >= 15 is 0 Å². The summed E-state index contributed by atoms with van der Waals surface area (Å²) < 4.78 is 17.2. The van der Waals surface area contributed by atoms with Crippen LogP contribution < -0.4 is 11.0 Å². The Morgan fingerprint density at radius 3 is 2.53 bits per heavy atom. The number of fused-ring (bicyclic) bond motifs is 2. The maximum atomic E-state index is 14.2. The fourth-order valence-corrected chi connectivity index (χ4v) is 3.79. The van der Waals surface area contributed by atoms with E-state index in [9.17, 15) is 19.2 Å². The van der Waals surface area contributed by atoms with Crippen LogP contribution in [0.2, 0.25) is 0 Å². The Morgan fingerprint density at radius 1 is 1.03 bits per heavy atom. The van der Waals surface area contributed by atoms with Crippen LogP contribution in [-0.4, -0.2) is 19.9 Å². The molecular weight excluding hydrogens is 433 g/mol. The van der Waals surface area contributed by atoms with Gasteiger partial charge >= 0.3 is 0 Å². The minimum absolute atomic E-state index is 0.000660. The molecule has 0 aliphatic rings. The Hall–Kier alpha value is -4.90. The first-order valence-corrected chi connectivity index (χ1v) is 10.4. The van der Waals surface area contributed by atoms with Crippen molar-refractivity contribution in [3.05, 3.63) is 123 Å². The van der Waals surface area contributed by atoms with E-state index in [4.69, 9.17) is 0 Å². The maximum absolute atomic E-state index is 14.2. The van der Waals surface area contributed by atoms with Crippen LogP contribution in [0.15, 0.2) is 94.8 Å². The summed E-state index contributed by atoms with van der Waals surface area (Å²) in [4.78, 5) is 34.9. The van der Waals surface area contributed by atoms with Gasteiger partial charge in [-0.1, -0.05) is 48.5 Å². The monoisotopic (exact) mass is 449 g/mol. The summed E-state index contributed by atoms with van der Waals surface area (Å²) in [6.07, 6.45) is 1.59. The summed E-state index contributed by atoms with van der Waals surface area (Å²) >= 11 is 0. The highest BCUT2D eigenvalue weighted by Gasteiger charge is 2.17. The standard InChI is InChI=1S/C26H16FN5O2/c27-21-11-5-4-10-19(21)25(33)30-23-18(15-28)14-20-24(32(23)16-17-8-2-1-3-9-17)29-22-12-6-7-13-31(22)26(20)34/h1-14H,16H2. The maximum Gasteiger partial charge on any atom is 0.281 e. The van der Waals surface area contributed by atoms with Gasteiger partial charge in [0.05, 0.1) is 23.1 Å². The van der Waals surface area contributed by atoms with Gasteiger partial charge in [-0.25, -0.2) is 9.37 Å². The van der Waals surface area contributed by atoms with Crippen LogP contribution in [0.4, 0.5) is 4.39 Å². The van der Waals surface area contributed by atoms with Crippen molar-refractivity contribution in [1.29, 1.82) is 5.26 Å². The van der Waals surface area contributed by atoms with Crippen molar-refractivity contribution in [2.24, 2.45) is 4.99 Å². The number of carbonyl (C=O) groups excluding carboxylic acids is 1. The summed E-state index contributed by atoms with van der Waals surface area (Å²) in [5, 5.41) is 10.1. The van der Waals surface area contributed by atoms with E-state index in [1.807, 2.05) is 36.4 Å². The van der Waals surface area contributed by atoms with Crippen LogP contribution in [0, 0.1) is 17.1 Å². The molecule has 1 amide bonds. The molecule has 34 heavy (non-hydrogen) atoms. The van der Waals surface area contributed by atoms with E-state index in [0.717, 1.165) is 5.56 Å². The average Bonchev–Trinajstić information content (AvgIpc) is 2.86. The van der Waals surface area contributed by atoms with Crippen LogP contribution in [0.1, 0.15) is 21.5 Å². The first-order chi connectivity index (χ1) is 16.6. The van der Waals surface area contributed by atoms with E-state index < -0.39 is 11.7 Å². The molecule has 0 aliphatic carbocycles. The lowest BCUT2D eigenvalue weighted by atomic mass is 10.1. The molecule has 0 fully saturated rings. The molecule has 8 heteroatoms. The van der Waals surface area contributed by atoms with Gasteiger partial charge in [0.15, 0.2) is 5.49 Å². The highest BCUT2D eigenvalue weighted by molar-refractivity contribution is 5.95. The second-order valence-electron chi connectivity index (χ2n) is 7.55. The fourth-order valence-electron chi connectivity index (χ4n) is 3.79. The zero-order valence-electron chi connectivity index (χ0n) is 17.7. The van der Waals surface area contributed by atoms with Crippen molar-refractivity contribution in [1.82, 2.24) is 14.0 Å². The Labute approximate surface area is 192 Å². The van der Waals surface area contributed by atoms with Crippen LogP contribution in [-0.2, 0) is 6.54 Å². The number of hydrogen-bond donors (Lipinski definition) is 0. The number of pyridine rings is 2. The lowest BCUT2D eigenvalue weighted by Gasteiger charge is -2.13. The van der Waals surface area contributed by atoms with Gasteiger partial charge in [0, 0.05) is 6.20 Å².